The number of hydrogen-bond acceptors (Lipinski definition) is 3. The van der Waals surface area contributed by atoms with E-state index in [9.17, 15) is 9.59 Å². The van der Waals surface area contributed by atoms with Crippen LogP contribution in [-0.2, 0) is 17.9 Å². The largest absolute Gasteiger partial charge is 0.497 e. The molecule has 1 fully saturated rings. The third kappa shape index (κ3) is 4.18. The quantitative estimate of drug-likeness (QED) is 0.881. The highest BCUT2D eigenvalue weighted by Crippen LogP contribution is 2.17. The van der Waals surface area contributed by atoms with E-state index in [0.29, 0.717) is 30.8 Å². The molecule has 5 heteroatoms. The minimum Gasteiger partial charge on any atom is -0.497 e. The summed E-state index contributed by atoms with van der Waals surface area (Å²) >= 11 is 0. The van der Waals surface area contributed by atoms with E-state index < -0.39 is 0 Å². The number of likely N-dealkylation sites (tertiary alicyclic amines) is 1. The second kappa shape index (κ2) is 7.83. The molecular weight excluding hydrogens is 316 g/mol. The van der Waals surface area contributed by atoms with Crippen LogP contribution in [0, 0.1) is 0 Å². The molecule has 1 aliphatic rings. The summed E-state index contributed by atoms with van der Waals surface area (Å²) < 4.78 is 5.15. The number of amides is 2. The van der Waals surface area contributed by atoms with Crippen LogP contribution >= 0.6 is 0 Å². The summed E-state index contributed by atoms with van der Waals surface area (Å²) in [7, 11) is 1.58. The van der Waals surface area contributed by atoms with Gasteiger partial charge in [-0.15, -0.1) is 0 Å². The number of ether oxygens (including phenoxy) is 1. The topological polar surface area (TPSA) is 58.6 Å². The van der Waals surface area contributed by atoms with Gasteiger partial charge in [0.05, 0.1) is 7.11 Å². The van der Waals surface area contributed by atoms with Gasteiger partial charge >= 0.3 is 0 Å². The maximum atomic E-state index is 12.4. The van der Waals surface area contributed by atoms with Crippen molar-refractivity contribution in [3.05, 3.63) is 65.2 Å². The van der Waals surface area contributed by atoms with Crippen molar-refractivity contribution in [2.45, 2.75) is 25.9 Å². The summed E-state index contributed by atoms with van der Waals surface area (Å²) in [6.07, 6.45) is 1.56. The summed E-state index contributed by atoms with van der Waals surface area (Å²) in [5.74, 6) is 0.710. The van der Waals surface area contributed by atoms with Crippen LogP contribution in [0.2, 0.25) is 0 Å². The molecule has 0 unspecified atom stereocenters. The fourth-order valence-electron chi connectivity index (χ4n) is 3.00. The van der Waals surface area contributed by atoms with E-state index in [2.05, 4.69) is 5.32 Å². The minimum absolute atomic E-state index is 0.147. The molecular formula is C20H22N2O3. The highest BCUT2D eigenvalue weighted by Gasteiger charge is 2.21. The highest BCUT2D eigenvalue weighted by molar-refractivity contribution is 5.94. The molecule has 5 nitrogen and oxygen atoms in total. The van der Waals surface area contributed by atoms with Gasteiger partial charge in [-0.05, 0) is 35.7 Å². The van der Waals surface area contributed by atoms with E-state index in [1.165, 1.54) is 0 Å². The van der Waals surface area contributed by atoms with E-state index in [4.69, 9.17) is 4.74 Å². The summed E-state index contributed by atoms with van der Waals surface area (Å²) in [4.78, 5) is 26.1. The van der Waals surface area contributed by atoms with Crippen molar-refractivity contribution < 1.29 is 14.3 Å². The fourth-order valence-corrected chi connectivity index (χ4v) is 3.00. The number of carbonyl (C=O) groups excluding carboxylic acids is 2. The normalized spacial score (nSPS) is 13.8. The summed E-state index contributed by atoms with van der Waals surface area (Å²) in [5, 5.41) is 2.95. The van der Waals surface area contributed by atoms with Crippen molar-refractivity contribution in [2.24, 2.45) is 0 Å². The smallest absolute Gasteiger partial charge is 0.251 e. The van der Waals surface area contributed by atoms with Gasteiger partial charge in [0.25, 0.3) is 5.91 Å². The molecule has 2 aromatic carbocycles. The number of nitrogens with one attached hydrogen (secondary N) is 1. The average Bonchev–Trinajstić information content (AvgIpc) is 3.05. The van der Waals surface area contributed by atoms with Gasteiger partial charge in [0.2, 0.25) is 5.91 Å². The fraction of sp³-hybridized carbons (Fsp3) is 0.300. The number of carbonyl (C=O) groups is 2. The van der Waals surface area contributed by atoms with Gasteiger partial charge < -0.3 is 15.0 Å². The van der Waals surface area contributed by atoms with Crippen LogP contribution in [0.1, 0.15) is 34.3 Å². The maximum absolute atomic E-state index is 12.4. The van der Waals surface area contributed by atoms with Crippen LogP contribution in [0.5, 0.6) is 5.75 Å². The first kappa shape index (κ1) is 17.0. The van der Waals surface area contributed by atoms with E-state index >= 15 is 0 Å². The first-order valence-electron chi connectivity index (χ1n) is 8.44. The Morgan fingerprint density at radius 3 is 2.68 bits per heavy atom. The maximum Gasteiger partial charge on any atom is 0.251 e. The van der Waals surface area contributed by atoms with Gasteiger partial charge in [0.1, 0.15) is 5.75 Å². The Labute approximate surface area is 147 Å². The standard InChI is InChI=1S/C20H22N2O3/c1-25-18-9-4-8-15(12-18)20(24)21-13-16-6-2-3-7-17(16)14-22-11-5-10-19(22)23/h2-4,6-9,12H,5,10-11,13-14H2,1H3,(H,21,24). The Morgan fingerprint density at radius 1 is 1.16 bits per heavy atom. The van der Waals surface area contributed by atoms with E-state index in [-0.39, 0.29) is 11.8 Å². The first-order valence-corrected chi connectivity index (χ1v) is 8.44. The minimum atomic E-state index is -0.147. The van der Waals surface area contributed by atoms with Crippen LogP contribution in [0.25, 0.3) is 0 Å². The van der Waals surface area contributed by atoms with Crippen molar-refractivity contribution >= 4 is 11.8 Å². The van der Waals surface area contributed by atoms with Gasteiger partial charge in [-0.2, -0.15) is 0 Å². The Kier molecular flexibility index (Phi) is 5.33. The molecule has 0 aromatic heterocycles. The van der Waals surface area contributed by atoms with Crippen LogP contribution in [0.15, 0.2) is 48.5 Å². The van der Waals surface area contributed by atoms with Gasteiger partial charge in [-0.25, -0.2) is 0 Å². The molecule has 1 aliphatic heterocycles. The van der Waals surface area contributed by atoms with Crippen LogP contribution < -0.4 is 10.1 Å². The van der Waals surface area contributed by atoms with Crippen molar-refractivity contribution in [1.82, 2.24) is 10.2 Å². The Bertz CT molecular complexity index is 773. The van der Waals surface area contributed by atoms with Gasteiger partial charge in [-0.3, -0.25) is 9.59 Å². The zero-order chi connectivity index (χ0) is 17.6. The molecule has 0 saturated carbocycles. The molecule has 0 spiro atoms. The second-order valence-electron chi connectivity index (χ2n) is 6.10. The first-order chi connectivity index (χ1) is 12.2. The number of methoxy groups -OCH3 is 1. The Hall–Kier alpha value is -2.82. The lowest BCUT2D eigenvalue weighted by Crippen LogP contribution is -2.26. The van der Waals surface area contributed by atoms with Gasteiger partial charge in [0, 0.05) is 31.6 Å². The molecule has 0 aliphatic carbocycles. The molecule has 1 N–H and O–H groups in total. The molecule has 0 atom stereocenters. The number of rotatable bonds is 6. The average molecular weight is 338 g/mol. The molecule has 2 aromatic rings. The zero-order valence-electron chi connectivity index (χ0n) is 14.3. The second-order valence-corrected chi connectivity index (χ2v) is 6.10. The lowest BCUT2D eigenvalue weighted by atomic mass is 10.1. The Morgan fingerprint density at radius 2 is 1.96 bits per heavy atom. The van der Waals surface area contributed by atoms with E-state index in [1.807, 2.05) is 29.2 Å². The predicted molar refractivity (Wildman–Crippen MR) is 95.3 cm³/mol. The van der Waals surface area contributed by atoms with Crippen LogP contribution in [-0.4, -0.2) is 30.4 Å². The Balaban J connectivity index is 1.66. The lowest BCUT2D eigenvalue weighted by molar-refractivity contribution is -0.128. The summed E-state index contributed by atoms with van der Waals surface area (Å²) in [6.45, 7) is 1.83. The lowest BCUT2D eigenvalue weighted by Gasteiger charge is -2.18. The molecule has 0 bridgehead atoms. The van der Waals surface area contributed by atoms with E-state index in [1.54, 1.807) is 31.4 Å². The molecule has 1 heterocycles. The van der Waals surface area contributed by atoms with Gasteiger partial charge in [-0.1, -0.05) is 30.3 Å². The monoisotopic (exact) mass is 338 g/mol. The summed E-state index contributed by atoms with van der Waals surface area (Å²) in [6, 6.07) is 15.0. The number of hydrogen-bond donors (Lipinski definition) is 1. The predicted octanol–water partition coefficient (Wildman–Crippen LogP) is 2.75. The number of nitrogens with zero attached hydrogens (tertiary/aromatic N) is 1. The van der Waals surface area contributed by atoms with Crippen molar-refractivity contribution in [2.75, 3.05) is 13.7 Å². The van der Waals surface area contributed by atoms with Crippen molar-refractivity contribution in [1.29, 1.82) is 0 Å². The molecule has 2 amide bonds. The molecule has 130 valence electrons. The third-order valence-corrected chi connectivity index (χ3v) is 4.42. The zero-order valence-corrected chi connectivity index (χ0v) is 14.3. The van der Waals surface area contributed by atoms with Crippen LogP contribution in [0.3, 0.4) is 0 Å². The van der Waals surface area contributed by atoms with Crippen molar-refractivity contribution in [3.8, 4) is 5.75 Å². The number of benzene rings is 2. The molecule has 25 heavy (non-hydrogen) atoms. The highest BCUT2D eigenvalue weighted by atomic mass is 16.5. The summed E-state index contributed by atoms with van der Waals surface area (Å²) in [5.41, 5.74) is 2.66. The molecule has 3 rings (SSSR count). The van der Waals surface area contributed by atoms with Crippen molar-refractivity contribution in [3.63, 3.8) is 0 Å². The molecule has 1 saturated heterocycles. The van der Waals surface area contributed by atoms with Crippen LogP contribution in [0.4, 0.5) is 0 Å². The van der Waals surface area contributed by atoms with E-state index in [0.717, 1.165) is 24.1 Å². The molecule has 0 radical (unpaired) electrons. The van der Waals surface area contributed by atoms with Gasteiger partial charge in [0.15, 0.2) is 0 Å². The third-order valence-electron chi connectivity index (χ3n) is 4.42. The SMILES string of the molecule is COc1cccc(C(=O)NCc2ccccc2CN2CCCC2=O)c1.